The van der Waals surface area contributed by atoms with Gasteiger partial charge in [-0.3, -0.25) is 10.1 Å². The zero-order chi connectivity index (χ0) is 10.3. The average molecular weight is 257 g/mol. The molecule has 1 saturated carbocycles. The molecule has 1 aliphatic rings. The Morgan fingerprint density at radius 1 is 1.50 bits per heavy atom. The van der Waals surface area contributed by atoms with Crippen LogP contribution in [0.25, 0.3) is 0 Å². The van der Waals surface area contributed by atoms with E-state index in [0.717, 1.165) is 18.4 Å². The Balaban J connectivity index is 2.52. The Labute approximate surface area is 89.4 Å². The van der Waals surface area contributed by atoms with Gasteiger partial charge in [0.05, 0.1) is 4.92 Å². The molecule has 2 N–H and O–H groups in total. The van der Waals surface area contributed by atoms with Crippen LogP contribution in [0.15, 0.2) is 16.6 Å². The van der Waals surface area contributed by atoms with Crippen LogP contribution in [0.5, 0.6) is 0 Å². The Morgan fingerprint density at radius 3 is 2.64 bits per heavy atom. The van der Waals surface area contributed by atoms with Crippen molar-refractivity contribution in [1.29, 1.82) is 0 Å². The fraction of sp³-hybridized carbons (Fsp3) is 0.333. The van der Waals surface area contributed by atoms with Crippen molar-refractivity contribution < 1.29 is 4.92 Å². The van der Waals surface area contributed by atoms with Crippen molar-refractivity contribution in [2.24, 2.45) is 0 Å². The predicted octanol–water partition coefficient (Wildman–Crippen LogP) is 2.82. The Morgan fingerprint density at radius 2 is 2.14 bits per heavy atom. The maximum atomic E-state index is 10.6. The minimum absolute atomic E-state index is 0.105. The number of halogens is 1. The van der Waals surface area contributed by atoms with Gasteiger partial charge in [0, 0.05) is 22.3 Å². The molecule has 2 rings (SSSR count). The van der Waals surface area contributed by atoms with Crippen molar-refractivity contribution in [3.05, 3.63) is 32.3 Å². The molecule has 1 aromatic rings. The van der Waals surface area contributed by atoms with E-state index in [1.807, 2.05) is 0 Å². The first kappa shape index (κ1) is 9.45. The van der Waals surface area contributed by atoms with Gasteiger partial charge in [-0.2, -0.15) is 0 Å². The van der Waals surface area contributed by atoms with Gasteiger partial charge in [0.1, 0.15) is 0 Å². The molecule has 0 unspecified atom stereocenters. The highest BCUT2D eigenvalue weighted by molar-refractivity contribution is 9.10. The second-order valence-corrected chi connectivity index (χ2v) is 4.32. The van der Waals surface area contributed by atoms with E-state index in [4.69, 9.17) is 5.73 Å². The molecule has 0 spiro atoms. The molecule has 0 aromatic heterocycles. The molecule has 0 atom stereocenters. The number of nitro benzene ring substituents is 1. The van der Waals surface area contributed by atoms with Crippen LogP contribution >= 0.6 is 15.9 Å². The highest BCUT2D eigenvalue weighted by atomic mass is 79.9. The normalized spacial score (nSPS) is 15.5. The first-order chi connectivity index (χ1) is 6.59. The van der Waals surface area contributed by atoms with E-state index in [0.29, 0.717) is 16.1 Å². The number of hydrogen-bond acceptors (Lipinski definition) is 3. The lowest BCUT2D eigenvalue weighted by Gasteiger charge is -2.05. The van der Waals surface area contributed by atoms with E-state index in [-0.39, 0.29) is 5.69 Å². The van der Waals surface area contributed by atoms with Crippen LogP contribution in [0.1, 0.15) is 24.3 Å². The summed E-state index contributed by atoms with van der Waals surface area (Å²) in [6, 6.07) is 3.03. The minimum Gasteiger partial charge on any atom is -0.398 e. The van der Waals surface area contributed by atoms with Gasteiger partial charge in [0.15, 0.2) is 0 Å². The summed E-state index contributed by atoms with van der Waals surface area (Å²) in [6.45, 7) is 0. The largest absolute Gasteiger partial charge is 0.398 e. The van der Waals surface area contributed by atoms with Crippen molar-refractivity contribution in [3.8, 4) is 0 Å². The fourth-order valence-corrected chi connectivity index (χ4v) is 1.93. The maximum Gasteiger partial charge on any atom is 0.270 e. The quantitative estimate of drug-likeness (QED) is 0.503. The van der Waals surface area contributed by atoms with Crippen molar-refractivity contribution in [2.75, 3.05) is 5.73 Å². The molecule has 0 saturated heterocycles. The van der Waals surface area contributed by atoms with Crippen molar-refractivity contribution in [1.82, 2.24) is 0 Å². The Hall–Kier alpha value is -1.10. The smallest absolute Gasteiger partial charge is 0.270 e. The second-order valence-electron chi connectivity index (χ2n) is 3.46. The summed E-state index contributed by atoms with van der Waals surface area (Å²) >= 11 is 3.23. The summed E-state index contributed by atoms with van der Waals surface area (Å²) in [4.78, 5) is 10.2. The van der Waals surface area contributed by atoms with E-state index in [1.165, 1.54) is 6.07 Å². The number of nitrogens with zero attached hydrogens (tertiary/aromatic N) is 1. The summed E-state index contributed by atoms with van der Waals surface area (Å²) in [7, 11) is 0. The third-order valence-corrected chi connectivity index (χ3v) is 3.03. The molecule has 1 fully saturated rings. The Bertz CT molecular complexity index is 402. The van der Waals surface area contributed by atoms with Gasteiger partial charge in [-0.1, -0.05) is 0 Å². The molecule has 5 heteroatoms. The molecule has 74 valence electrons. The lowest BCUT2D eigenvalue weighted by Crippen LogP contribution is -1.97. The van der Waals surface area contributed by atoms with E-state index in [2.05, 4.69) is 15.9 Å². The number of nitro groups is 1. The molecular formula is C9H9BrN2O2. The molecule has 0 radical (unpaired) electrons. The van der Waals surface area contributed by atoms with Crippen LogP contribution in [-0.2, 0) is 0 Å². The fourth-order valence-electron chi connectivity index (χ4n) is 1.46. The van der Waals surface area contributed by atoms with Gasteiger partial charge in [-0.05, 0) is 40.3 Å². The molecule has 0 amide bonds. The first-order valence-corrected chi connectivity index (χ1v) is 5.12. The van der Waals surface area contributed by atoms with E-state index in [1.54, 1.807) is 6.07 Å². The van der Waals surface area contributed by atoms with Crippen LogP contribution in [0.3, 0.4) is 0 Å². The third kappa shape index (κ3) is 1.59. The van der Waals surface area contributed by atoms with Crippen molar-refractivity contribution in [3.63, 3.8) is 0 Å². The van der Waals surface area contributed by atoms with E-state index in [9.17, 15) is 10.1 Å². The average Bonchev–Trinajstić information content (AvgIpc) is 2.92. The van der Waals surface area contributed by atoms with Crippen LogP contribution in [0.4, 0.5) is 11.4 Å². The van der Waals surface area contributed by atoms with Gasteiger partial charge in [0.2, 0.25) is 0 Å². The van der Waals surface area contributed by atoms with Crippen molar-refractivity contribution >= 4 is 27.3 Å². The van der Waals surface area contributed by atoms with Gasteiger partial charge < -0.3 is 5.73 Å². The highest BCUT2D eigenvalue weighted by Gasteiger charge is 2.28. The minimum atomic E-state index is -0.393. The summed E-state index contributed by atoms with van der Waals surface area (Å²) in [5, 5.41) is 10.6. The molecule has 0 aliphatic heterocycles. The topological polar surface area (TPSA) is 69.2 Å². The lowest BCUT2D eigenvalue weighted by molar-refractivity contribution is -0.385. The van der Waals surface area contributed by atoms with Crippen LogP contribution in [0.2, 0.25) is 0 Å². The number of rotatable bonds is 2. The monoisotopic (exact) mass is 256 g/mol. The van der Waals surface area contributed by atoms with Crippen molar-refractivity contribution in [2.45, 2.75) is 18.8 Å². The van der Waals surface area contributed by atoms with Gasteiger partial charge in [-0.15, -0.1) is 0 Å². The SMILES string of the molecule is Nc1c(Br)cc([N+](=O)[O-])cc1C1CC1. The second kappa shape index (κ2) is 3.24. The first-order valence-electron chi connectivity index (χ1n) is 4.33. The number of nitrogens with two attached hydrogens (primary N) is 1. The van der Waals surface area contributed by atoms with E-state index < -0.39 is 4.92 Å². The highest BCUT2D eigenvalue weighted by Crippen LogP contribution is 2.45. The number of benzene rings is 1. The molecule has 0 heterocycles. The van der Waals surface area contributed by atoms with Crippen LogP contribution in [0, 0.1) is 10.1 Å². The van der Waals surface area contributed by atoms with Gasteiger partial charge >= 0.3 is 0 Å². The predicted molar refractivity (Wildman–Crippen MR) is 57.2 cm³/mol. The summed E-state index contributed by atoms with van der Waals surface area (Å²) in [5.74, 6) is 0.422. The molecule has 14 heavy (non-hydrogen) atoms. The Kier molecular flexibility index (Phi) is 2.19. The zero-order valence-electron chi connectivity index (χ0n) is 7.37. The molecule has 0 bridgehead atoms. The summed E-state index contributed by atoms with van der Waals surface area (Å²) in [5.41, 5.74) is 7.47. The van der Waals surface area contributed by atoms with Crippen LogP contribution in [-0.4, -0.2) is 4.92 Å². The van der Waals surface area contributed by atoms with E-state index >= 15 is 0 Å². The number of hydrogen-bond donors (Lipinski definition) is 1. The van der Waals surface area contributed by atoms with Gasteiger partial charge in [-0.25, -0.2) is 0 Å². The third-order valence-electron chi connectivity index (χ3n) is 2.37. The van der Waals surface area contributed by atoms with Crippen LogP contribution < -0.4 is 5.73 Å². The lowest BCUT2D eigenvalue weighted by atomic mass is 10.1. The number of nitrogen functional groups attached to an aromatic ring is 1. The molecular weight excluding hydrogens is 248 g/mol. The molecule has 1 aromatic carbocycles. The van der Waals surface area contributed by atoms with Gasteiger partial charge in [0.25, 0.3) is 5.69 Å². The molecule has 1 aliphatic carbocycles. The standard InChI is InChI=1S/C9H9BrN2O2/c10-8-4-6(12(13)14)3-7(9(8)11)5-1-2-5/h3-5H,1-2,11H2. The zero-order valence-corrected chi connectivity index (χ0v) is 8.95. The maximum absolute atomic E-state index is 10.6. The number of anilines is 1. The number of non-ortho nitro benzene ring substituents is 1. The summed E-state index contributed by atoms with van der Waals surface area (Å²) < 4.78 is 0.619. The molecule has 4 nitrogen and oxygen atoms in total. The summed E-state index contributed by atoms with van der Waals surface area (Å²) in [6.07, 6.45) is 2.16.